The van der Waals surface area contributed by atoms with Crippen LogP contribution in [0.2, 0.25) is 5.02 Å². The molecule has 1 aliphatic carbocycles. The number of rotatable bonds is 4. The van der Waals surface area contributed by atoms with Crippen molar-refractivity contribution in [3.05, 3.63) is 86.6 Å². The van der Waals surface area contributed by atoms with Gasteiger partial charge in [-0.3, -0.25) is 14.2 Å². The van der Waals surface area contributed by atoms with E-state index in [1.165, 1.54) is 11.3 Å². The Morgan fingerprint density at radius 1 is 1.03 bits per heavy atom. The molecular weight excluding hydrogens is 466 g/mol. The molecular formula is C27H24ClN3O2S. The highest BCUT2D eigenvalue weighted by Crippen LogP contribution is 2.38. The van der Waals surface area contributed by atoms with Crippen LogP contribution in [0.3, 0.4) is 0 Å². The Kier molecular flexibility index (Phi) is 5.66. The SMILES string of the molecule is CNc1ccccc1-n1c2c(cc(-c3nc(-c4ccc(Cl)cc4)cs3)c1=O)C(=O)CC(C)(C)C2. The highest BCUT2D eigenvalue weighted by molar-refractivity contribution is 7.13. The molecule has 0 atom stereocenters. The molecule has 0 aliphatic heterocycles. The molecule has 5 nitrogen and oxygen atoms in total. The first-order chi connectivity index (χ1) is 16.3. The fourth-order valence-electron chi connectivity index (χ4n) is 4.55. The van der Waals surface area contributed by atoms with Gasteiger partial charge in [0.2, 0.25) is 0 Å². The zero-order valence-corrected chi connectivity index (χ0v) is 20.8. The van der Waals surface area contributed by atoms with E-state index in [-0.39, 0.29) is 16.8 Å². The predicted molar refractivity (Wildman–Crippen MR) is 140 cm³/mol. The van der Waals surface area contributed by atoms with Crippen molar-refractivity contribution in [1.29, 1.82) is 0 Å². The third kappa shape index (κ3) is 3.97. The summed E-state index contributed by atoms with van der Waals surface area (Å²) >= 11 is 7.42. The van der Waals surface area contributed by atoms with E-state index >= 15 is 0 Å². The smallest absolute Gasteiger partial charge is 0.265 e. The third-order valence-electron chi connectivity index (χ3n) is 6.18. The van der Waals surface area contributed by atoms with Crippen LogP contribution in [-0.4, -0.2) is 22.4 Å². The summed E-state index contributed by atoms with van der Waals surface area (Å²) in [5.74, 6) is 0.0534. The number of carbonyl (C=O) groups excluding carboxylic acids is 1. The van der Waals surface area contributed by atoms with Gasteiger partial charge in [-0.1, -0.05) is 49.7 Å². The summed E-state index contributed by atoms with van der Waals surface area (Å²) in [6.45, 7) is 4.14. The van der Waals surface area contributed by atoms with Crippen LogP contribution in [0.5, 0.6) is 0 Å². The summed E-state index contributed by atoms with van der Waals surface area (Å²) in [7, 11) is 1.83. The first-order valence-corrected chi connectivity index (χ1v) is 12.3. The monoisotopic (exact) mass is 489 g/mol. The van der Waals surface area contributed by atoms with Gasteiger partial charge in [0.25, 0.3) is 5.56 Å². The molecule has 0 unspecified atom stereocenters. The molecule has 2 heterocycles. The van der Waals surface area contributed by atoms with Crippen molar-refractivity contribution in [2.24, 2.45) is 5.41 Å². The average molecular weight is 490 g/mol. The highest BCUT2D eigenvalue weighted by atomic mass is 35.5. The second-order valence-corrected chi connectivity index (χ2v) is 10.6. The lowest BCUT2D eigenvalue weighted by atomic mass is 9.75. The van der Waals surface area contributed by atoms with E-state index in [9.17, 15) is 9.59 Å². The molecule has 5 rings (SSSR count). The van der Waals surface area contributed by atoms with Crippen LogP contribution in [0.4, 0.5) is 5.69 Å². The number of pyridine rings is 1. The summed E-state index contributed by atoms with van der Waals surface area (Å²) in [4.78, 5) is 32.0. The molecule has 0 spiro atoms. The standard InChI is InChI=1S/C27H24ClN3O2S/c1-27(2)13-23-18(24(32)14-27)12-19(26(33)31(23)22-7-5-4-6-20(22)29-3)25-30-21(15-34-25)16-8-10-17(28)11-9-16/h4-12,15,29H,13-14H2,1-3H3. The highest BCUT2D eigenvalue weighted by Gasteiger charge is 2.35. The first kappa shape index (κ1) is 22.6. The molecule has 1 aliphatic rings. The van der Waals surface area contributed by atoms with Crippen LogP contribution in [0, 0.1) is 5.41 Å². The van der Waals surface area contributed by atoms with E-state index in [2.05, 4.69) is 19.2 Å². The lowest BCUT2D eigenvalue weighted by Crippen LogP contribution is -2.35. The average Bonchev–Trinajstić information content (AvgIpc) is 3.28. The quantitative estimate of drug-likeness (QED) is 0.356. The van der Waals surface area contributed by atoms with E-state index in [1.54, 1.807) is 10.6 Å². The van der Waals surface area contributed by atoms with Gasteiger partial charge in [-0.15, -0.1) is 11.3 Å². The number of para-hydroxylation sites is 2. The minimum Gasteiger partial charge on any atom is -0.386 e. The minimum atomic E-state index is -0.225. The van der Waals surface area contributed by atoms with Crippen LogP contribution in [0.15, 0.2) is 64.8 Å². The summed E-state index contributed by atoms with van der Waals surface area (Å²) < 4.78 is 1.71. The molecule has 2 aromatic heterocycles. The summed E-state index contributed by atoms with van der Waals surface area (Å²) in [5, 5.41) is 6.35. The Bertz CT molecular complexity index is 1470. The van der Waals surface area contributed by atoms with Gasteiger partial charge in [0, 0.05) is 40.7 Å². The minimum absolute atomic E-state index is 0.0534. The van der Waals surface area contributed by atoms with Crippen molar-refractivity contribution < 1.29 is 4.79 Å². The number of nitrogens with zero attached hydrogens (tertiary/aromatic N) is 2. The van der Waals surface area contributed by atoms with E-state index in [1.807, 2.05) is 61.0 Å². The third-order valence-corrected chi connectivity index (χ3v) is 7.30. The molecule has 4 aromatic rings. The number of carbonyl (C=O) groups is 1. The van der Waals surface area contributed by atoms with Crippen molar-refractivity contribution in [2.75, 3.05) is 12.4 Å². The Hall–Kier alpha value is -3.22. The summed E-state index contributed by atoms with van der Waals surface area (Å²) in [5.41, 5.74) is 4.63. The Morgan fingerprint density at radius 3 is 2.50 bits per heavy atom. The van der Waals surface area contributed by atoms with Crippen molar-refractivity contribution >= 4 is 34.4 Å². The van der Waals surface area contributed by atoms with E-state index in [4.69, 9.17) is 16.6 Å². The molecule has 0 saturated carbocycles. The molecule has 0 saturated heterocycles. The van der Waals surface area contributed by atoms with Gasteiger partial charge < -0.3 is 5.32 Å². The topological polar surface area (TPSA) is 64.0 Å². The van der Waals surface area contributed by atoms with Crippen LogP contribution < -0.4 is 10.9 Å². The maximum absolute atomic E-state index is 14.0. The fourth-order valence-corrected chi connectivity index (χ4v) is 5.52. The number of hydrogen-bond acceptors (Lipinski definition) is 5. The molecule has 34 heavy (non-hydrogen) atoms. The number of hydrogen-bond donors (Lipinski definition) is 1. The van der Waals surface area contributed by atoms with Gasteiger partial charge in [-0.25, -0.2) is 4.98 Å². The van der Waals surface area contributed by atoms with E-state index < -0.39 is 0 Å². The van der Waals surface area contributed by atoms with Crippen LogP contribution >= 0.6 is 22.9 Å². The molecule has 2 aromatic carbocycles. The van der Waals surface area contributed by atoms with Crippen molar-refractivity contribution in [2.45, 2.75) is 26.7 Å². The van der Waals surface area contributed by atoms with Gasteiger partial charge in [-0.05, 0) is 42.2 Å². The molecule has 7 heteroatoms. The molecule has 0 bridgehead atoms. The number of halogens is 1. The number of fused-ring (bicyclic) bond motifs is 1. The Labute approximate surface area is 207 Å². The van der Waals surface area contributed by atoms with Crippen molar-refractivity contribution in [3.63, 3.8) is 0 Å². The molecule has 0 amide bonds. The van der Waals surface area contributed by atoms with Crippen molar-refractivity contribution in [1.82, 2.24) is 9.55 Å². The second-order valence-electron chi connectivity index (χ2n) is 9.31. The maximum atomic E-state index is 14.0. The fraction of sp³-hybridized carbons (Fsp3) is 0.222. The maximum Gasteiger partial charge on any atom is 0.265 e. The zero-order valence-electron chi connectivity index (χ0n) is 19.2. The van der Waals surface area contributed by atoms with Crippen LogP contribution in [0.1, 0.15) is 36.3 Å². The largest absolute Gasteiger partial charge is 0.386 e. The van der Waals surface area contributed by atoms with Crippen molar-refractivity contribution in [3.8, 4) is 27.5 Å². The number of Topliss-reactive ketones (excluding diaryl/α,β-unsaturated/α-hetero) is 1. The number of aromatic nitrogens is 2. The van der Waals surface area contributed by atoms with E-state index in [0.29, 0.717) is 34.0 Å². The molecule has 172 valence electrons. The number of anilines is 1. The number of ketones is 1. The molecule has 0 radical (unpaired) electrons. The zero-order chi connectivity index (χ0) is 24.0. The number of nitrogens with one attached hydrogen (secondary N) is 1. The Balaban J connectivity index is 1.75. The predicted octanol–water partition coefficient (Wildman–Crippen LogP) is 6.48. The van der Waals surface area contributed by atoms with Gasteiger partial charge in [0.15, 0.2) is 5.78 Å². The normalized spacial score (nSPS) is 14.6. The number of benzene rings is 2. The van der Waals surface area contributed by atoms with Gasteiger partial charge in [0.05, 0.1) is 22.6 Å². The molecule has 0 fully saturated rings. The van der Waals surface area contributed by atoms with Gasteiger partial charge in [0.1, 0.15) is 5.01 Å². The summed E-state index contributed by atoms with van der Waals surface area (Å²) in [6.07, 6.45) is 1.08. The Morgan fingerprint density at radius 2 is 1.76 bits per heavy atom. The number of thiazole rings is 1. The first-order valence-electron chi connectivity index (χ1n) is 11.1. The lowest BCUT2D eigenvalue weighted by Gasteiger charge is -2.32. The van der Waals surface area contributed by atoms with Crippen LogP contribution in [0.25, 0.3) is 27.5 Å². The molecule has 1 N–H and O–H groups in total. The lowest BCUT2D eigenvalue weighted by molar-refractivity contribution is 0.0909. The van der Waals surface area contributed by atoms with Gasteiger partial charge >= 0.3 is 0 Å². The summed E-state index contributed by atoms with van der Waals surface area (Å²) in [6, 6.07) is 16.8. The van der Waals surface area contributed by atoms with Gasteiger partial charge in [-0.2, -0.15) is 0 Å². The van der Waals surface area contributed by atoms with Crippen LogP contribution in [-0.2, 0) is 6.42 Å². The van der Waals surface area contributed by atoms with E-state index in [0.717, 1.165) is 28.3 Å². The second kappa shape index (κ2) is 8.53.